The van der Waals surface area contributed by atoms with Crippen molar-refractivity contribution in [2.24, 2.45) is 4.99 Å². The number of cyclic esters (lactones) is 1. The molecule has 0 unspecified atom stereocenters. The van der Waals surface area contributed by atoms with E-state index in [4.69, 9.17) is 25.8 Å². The second-order valence-corrected chi connectivity index (χ2v) is 8.28. The van der Waals surface area contributed by atoms with Crippen molar-refractivity contribution in [3.05, 3.63) is 71.2 Å². The molecule has 0 saturated heterocycles. The number of nitrogens with zero attached hydrogens (tertiary/aromatic N) is 2. The molecule has 0 bridgehead atoms. The number of hydrogen-bond donors (Lipinski definition) is 0. The van der Waals surface area contributed by atoms with E-state index in [1.807, 2.05) is 0 Å². The van der Waals surface area contributed by atoms with Gasteiger partial charge in [0.15, 0.2) is 12.3 Å². The minimum absolute atomic E-state index is 0.0263. The Morgan fingerprint density at radius 1 is 1.28 bits per heavy atom. The van der Waals surface area contributed by atoms with Crippen LogP contribution in [0.4, 0.5) is 5.69 Å². The van der Waals surface area contributed by atoms with Crippen molar-refractivity contribution in [1.29, 1.82) is 0 Å². The number of carbonyl (C=O) groups excluding carboxylic acids is 2. The summed E-state index contributed by atoms with van der Waals surface area (Å²) in [4.78, 5) is 38.3. The van der Waals surface area contributed by atoms with Gasteiger partial charge in [-0.1, -0.05) is 11.6 Å². The van der Waals surface area contributed by atoms with Gasteiger partial charge in [0.2, 0.25) is 5.90 Å². The minimum Gasteiger partial charge on any atom is -0.480 e. The van der Waals surface area contributed by atoms with Crippen molar-refractivity contribution in [2.45, 2.75) is 6.92 Å². The van der Waals surface area contributed by atoms with Crippen molar-refractivity contribution in [2.75, 3.05) is 13.2 Å². The van der Waals surface area contributed by atoms with E-state index in [0.29, 0.717) is 20.3 Å². The van der Waals surface area contributed by atoms with E-state index in [0.717, 1.165) is 0 Å². The standard InChI is InChI=1S/C20H13Br2ClN2O7/c1-2-30-17(26)9-31-18-13(21)5-10(6-14(18)22)7-16-20(27)32-19(24-16)12-8-11(25(28)29)3-4-15(12)23/h3-8H,2,9H2,1H3/b16-7-. The number of aliphatic imine (C=N–C) groups is 1. The van der Waals surface area contributed by atoms with Crippen LogP contribution in [0.1, 0.15) is 18.1 Å². The maximum Gasteiger partial charge on any atom is 0.363 e. The third-order valence-electron chi connectivity index (χ3n) is 3.98. The Kier molecular flexibility index (Phi) is 7.64. The molecule has 166 valence electrons. The number of rotatable bonds is 7. The first-order valence-electron chi connectivity index (χ1n) is 8.94. The van der Waals surface area contributed by atoms with E-state index in [2.05, 4.69) is 36.9 Å². The summed E-state index contributed by atoms with van der Waals surface area (Å²) in [5.74, 6) is -1.01. The highest BCUT2D eigenvalue weighted by Crippen LogP contribution is 2.36. The maximum absolute atomic E-state index is 12.3. The van der Waals surface area contributed by atoms with Gasteiger partial charge in [-0.15, -0.1) is 0 Å². The fourth-order valence-electron chi connectivity index (χ4n) is 2.61. The number of hydrogen-bond acceptors (Lipinski definition) is 8. The zero-order chi connectivity index (χ0) is 23.4. The van der Waals surface area contributed by atoms with Crippen LogP contribution in [-0.4, -0.2) is 36.0 Å². The Morgan fingerprint density at radius 3 is 2.59 bits per heavy atom. The molecular weight excluding hydrogens is 575 g/mol. The Hall–Kier alpha value is -2.76. The molecule has 9 nitrogen and oxygen atoms in total. The van der Waals surface area contributed by atoms with Crippen LogP contribution < -0.4 is 4.74 Å². The molecule has 0 amide bonds. The summed E-state index contributed by atoms with van der Waals surface area (Å²) in [6, 6.07) is 7.05. The molecular formula is C20H13Br2ClN2O7. The topological polar surface area (TPSA) is 117 Å². The Morgan fingerprint density at radius 2 is 1.97 bits per heavy atom. The van der Waals surface area contributed by atoms with Crippen molar-refractivity contribution in [3.8, 4) is 5.75 Å². The number of halogens is 3. The largest absolute Gasteiger partial charge is 0.480 e. The number of carbonyl (C=O) groups is 2. The third kappa shape index (κ3) is 5.53. The molecule has 1 heterocycles. The van der Waals surface area contributed by atoms with Crippen molar-refractivity contribution < 1.29 is 28.7 Å². The number of esters is 2. The molecule has 32 heavy (non-hydrogen) atoms. The molecule has 0 radical (unpaired) electrons. The molecule has 2 aromatic carbocycles. The molecule has 1 aliphatic rings. The zero-order valence-corrected chi connectivity index (χ0v) is 20.2. The average molecular weight is 589 g/mol. The summed E-state index contributed by atoms with van der Waals surface area (Å²) in [5, 5.41) is 11.2. The van der Waals surface area contributed by atoms with Crippen LogP contribution >= 0.6 is 43.5 Å². The quantitative estimate of drug-likeness (QED) is 0.192. The van der Waals surface area contributed by atoms with Crippen LogP contribution in [0, 0.1) is 10.1 Å². The SMILES string of the molecule is CCOC(=O)COc1c(Br)cc(/C=C2\N=C(c3cc([N+](=O)[O-])ccc3Cl)OC2=O)cc1Br. The summed E-state index contributed by atoms with van der Waals surface area (Å²) in [6.07, 6.45) is 1.46. The fraction of sp³-hybridized carbons (Fsp3) is 0.150. The lowest BCUT2D eigenvalue weighted by atomic mass is 10.2. The van der Waals surface area contributed by atoms with Crippen LogP contribution in [-0.2, 0) is 19.1 Å². The molecule has 0 aliphatic carbocycles. The van der Waals surface area contributed by atoms with E-state index in [-0.39, 0.29) is 41.1 Å². The number of benzene rings is 2. The lowest BCUT2D eigenvalue weighted by molar-refractivity contribution is -0.384. The summed E-state index contributed by atoms with van der Waals surface area (Å²) in [7, 11) is 0. The van der Waals surface area contributed by atoms with Gasteiger partial charge < -0.3 is 14.2 Å². The molecule has 12 heteroatoms. The van der Waals surface area contributed by atoms with Gasteiger partial charge in [0.05, 0.1) is 31.1 Å². The van der Waals surface area contributed by atoms with Gasteiger partial charge in [0.25, 0.3) is 5.69 Å². The Balaban J connectivity index is 1.88. The van der Waals surface area contributed by atoms with Gasteiger partial charge in [-0.3, -0.25) is 10.1 Å². The van der Waals surface area contributed by atoms with Crippen LogP contribution in [0.3, 0.4) is 0 Å². The molecule has 0 fully saturated rings. The first kappa shape index (κ1) is 23.9. The second-order valence-electron chi connectivity index (χ2n) is 6.16. The summed E-state index contributed by atoms with van der Waals surface area (Å²) in [6.45, 7) is 1.67. The van der Waals surface area contributed by atoms with Gasteiger partial charge in [-0.05, 0) is 68.6 Å². The molecule has 0 saturated carbocycles. The van der Waals surface area contributed by atoms with Crippen molar-refractivity contribution in [3.63, 3.8) is 0 Å². The summed E-state index contributed by atoms with van der Waals surface area (Å²) in [5.41, 5.74) is 0.449. The molecule has 1 aliphatic heterocycles. The second kappa shape index (κ2) is 10.2. The number of ether oxygens (including phenoxy) is 3. The summed E-state index contributed by atoms with van der Waals surface area (Å²) >= 11 is 12.8. The molecule has 0 spiro atoms. The monoisotopic (exact) mass is 586 g/mol. The molecule has 2 aromatic rings. The lowest BCUT2D eigenvalue weighted by Gasteiger charge is -2.10. The first-order chi connectivity index (χ1) is 15.2. The van der Waals surface area contributed by atoms with Crippen molar-refractivity contribution >= 4 is 73.1 Å². The third-order valence-corrected chi connectivity index (χ3v) is 5.48. The highest BCUT2D eigenvalue weighted by atomic mass is 79.9. The normalized spacial score (nSPS) is 14.2. The smallest absolute Gasteiger partial charge is 0.363 e. The van der Waals surface area contributed by atoms with Crippen LogP contribution in [0.2, 0.25) is 5.02 Å². The minimum atomic E-state index is -0.738. The molecule has 0 atom stereocenters. The fourth-order valence-corrected chi connectivity index (χ4v) is 4.26. The highest BCUT2D eigenvalue weighted by Gasteiger charge is 2.27. The predicted octanol–water partition coefficient (Wildman–Crippen LogP) is 5.06. The maximum atomic E-state index is 12.3. The van der Waals surface area contributed by atoms with Gasteiger partial charge >= 0.3 is 11.9 Å². The van der Waals surface area contributed by atoms with Crippen molar-refractivity contribution in [1.82, 2.24) is 0 Å². The predicted molar refractivity (Wildman–Crippen MR) is 123 cm³/mol. The first-order valence-corrected chi connectivity index (χ1v) is 10.9. The lowest BCUT2D eigenvalue weighted by Crippen LogP contribution is -2.15. The number of non-ortho nitro benzene ring substituents is 1. The number of nitro benzene ring substituents is 1. The van der Waals surface area contributed by atoms with E-state index < -0.39 is 16.9 Å². The summed E-state index contributed by atoms with van der Waals surface area (Å²) < 4.78 is 16.5. The van der Waals surface area contributed by atoms with Gasteiger partial charge in [0.1, 0.15) is 5.75 Å². The highest BCUT2D eigenvalue weighted by molar-refractivity contribution is 9.11. The molecule has 0 aromatic heterocycles. The van der Waals surface area contributed by atoms with Gasteiger partial charge in [-0.25, -0.2) is 14.6 Å². The van der Waals surface area contributed by atoms with E-state index in [1.54, 1.807) is 19.1 Å². The van der Waals surface area contributed by atoms with Crippen LogP contribution in [0.5, 0.6) is 5.75 Å². The number of nitro groups is 1. The van der Waals surface area contributed by atoms with E-state index in [9.17, 15) is 19.7 Å². The molecule has 0 N–H and O–H groups in total. The Bertz CT molecular complexity index is 1160. The molecule has 3 rings (SSSR count). The average Bonchev–Trinajstić information content (AvgIpc) is 3.07. The van der Waals surface area contributed by atoms with Gasteiger partial charge in [0, 0.05) is 12.1 Å². The van der Waals surface area contributed by atoms with E-state index in [1.165, 1.54) is 24.3 Å². The van der Waals surface area contributed by atoms with E-state index >= 15 is 0 Å². The van der Waals surface area contributed by atoms with Gasteiger partial charge in [-0.2, -0.15) is 0 Å². The van der Waals surface area contributed by atoms with Crippen LogP contribution in [0.25, 0.3) is 6.08 Å². The zero-order valence-electron chi connectivity index (χ0n) is 16.3. The van der Waals surface area contributed by atoms with Crippen LogP contribution in [0.15, 0.2) is 50.0 Å². The Labute approximate surface area is 203 Å².